The Hall–Kier alpha value is -1.79. The Morgan fingerprint density at radius 3 is 2.33 bits per heavy atom. The van der Waals surface area contributed by atoms with E-state index >= 15 is 0 Å². The first kappa shape index (κ1) is 20.0. The largest absolute Gasteiger partial charge is 0.389 e. The van der Waals surface area contributed by atoms with Gasteiger partial charge in [-0.3, -0.25) is 4.90 Å². The molecular weight excluding hydrogens is 343 g/mol. The number of hydrogen-bond acceptors (Lipinski definition) is 4. The molecule has 27 heavy (non-hydrogen) atoms. The summed E-state index contributed by atoms with van der Waals surface area (Å²) in [4.78, 5) is 4.75. The fourth-order valence-electron chi connectivity index (χ4n) is 3.40. The number of benzene rings is 2. The molecule has 1 aliphatic rings. The van der Waals surface area contributed by atoms with Gasteiger partial charge < -0.3 is 14.7 Å². The van der Waals surface area contributed by atoms with Crippen molar-refractivity contribution >= 4 is 0 Å². The summed E-state index contributed by atoms with van der Waals surface area (Å²) >= 11 is 0. The van der Waals surface area contributed by atoms with Crippen LogP contribution in [0, 0.1) is 5.82 Å². The number of ether oxygens (including phenoxy) is 1. The monoisotopic (exact) mass is 372 g/mol. The summed E-state index contributed by atoms with van der Waals surface area (Å²) in [6.45, 7) is 6.05. The lowest BCUT2D eigenvalue weighted by Crippen LogP contribution is -2.49. The molecule has 0 radical (unpaired) electrons. The van der Waals surface area contributed by atoms with Gasteiger partial charge in [0.05, 0.1) is 19.3 Å². The molecular formula is C22H29FN2O2. The van der Waals surface area contributed by atoms with Crippen LogP contribution < -0.4 is 0 Å². The van der Waals surface area contributed by atoms with Crippen molar-refractivity contribution in [3.05, 3.63) is 71.5 Å². The normalized spacial score (nSPS) is 17.1. The molecule has 0 spiro atoms. The number of hydrogen-bond donors (Lipinski definition) is 1. The molecule has 4 nitrogen and oxygen atoms in total. The van der Waals surface area contributed by atoms with Crippen LogP contribution in [-0.4, -0.2) is 66.9 Å². The maximum Gasteiger partial charge on any atom is 0.128 e. The van der Waals surface area contributed by atoms with E-state index in [-0.39, 0.29) is 19.0 Å². The molecule has 1 saturated heterocycles. The van der Waals surface area contributed by atoms with Crippen LogP contribution in [0.15, 0.2) is 54.6 Å². The van der Waals surface area contributed by atoms with Gasteiger partial charge in [-0.1, -0.05) is 48.5 Å². The second-order valence-corrected chi connectivity index (χ2v) is 7.14. The van der Waals surface area contributed by atoms with Gasteiger partial charge in [0.15, 0.2) is 0 Å². The highest BCUT2D eigenvalue weighted by Crippen LogP contribution is 2.09. The molecule has 0 amide bonds. The van der Waals surface area contributed by atoms with Crippen molar-refractivity contribution in [1.29, 1.82) is 0 Å². The van der Waals surface area contributed by atoms with Gasteiger partial charge in [0.1, 0.15) is 5.82 Å². The molecule has 1 unspecified atom stereocenters. The quantitative estimate of drug-likeness (QED) is 0.734. The minimum Gasteiger partial charge on any atom is -0.389 e. The third-order valence-corrected chi connectivity index (χ3v) is 5.02. The minimum absolute atomic E-state index is 0.191. The Bertz CT molecular complexity index is 675. The van der Waals surface area contributed by atoms with E-state index in [9.17, 15) is 9.50 Å². The summed E-state index contributed by atoms with van der Waals surface area (Å²) in [5.74, 6) is -0.265. The molecule has 146 valence electrons. The maximum absolute atomic E-state index is 13.5. The minimum atomic E-state index is -0.548. The van der Waals surface area contributed by atoms with Crippen molar-refractivity contribution in [2.45, 2.75) is 19.1 Å². The number of aliphatic hydroxyl groups is 1. The van der Waals surface area contributed by atoms with E-state index in [0.717, 1.165) is 39.1 Å². The summed E-state index contributed by atoms with van der Waals surface area (Å²) in [6, 6.07) is 17.1. The second kappa shape index (κ2) is 10.5. The fourth-order valence-corrected chi connectivity index (χ4v) is 3.40. The standard InChI is InChI=1S/C22H29FN2O2/c23-22-9-5-4-8-20(22)17-27-18-21(26)16-25-14-12-24(13-15-25)11-10-19-6-2-1-3-7-19/h1-9,21,26H,10-18H2. The number of β-amino-alcohol motifs (C(OH)–C–C–N with tert-alkyl or cyclic N) is 1. The summed E-state index contributed by atoms with van der Waals surface area (Å²) in [7, 11) is 0. The fraction of sp³-hybridized carbons (Fsp3) is 0.455. The Morgan fingerprint density at radius 2 is 1.59 bits per heavy atom. The van der Waals surface area contributed by atoms with Crippen LogP contribution in [0.25, 0.3) is 0 Å². The van der Waals surface area contributed by atoms with Crippen LogP contribution in [0.3, 0.4) is 0 Å². The molecule has 5 heteroatoms. The first-order chi connectivity index (χ1) is 13.2. The Morgan fingerprint density at radius 1 is 0.926 bits per heavy atom. The zero-order chi connectivity index (χ0) is 18.9. The van der Waals surface area contributed by atoms with Crippen LogP contribution in [0.5, 0.6) is 0 Å². The molecule has 1 heterocycles. The third kappa shape index (κ3) is 6.70. The van der Waals surface area contributed by atoms with Crippen LogP contribution in [0.4, 0.5) is 4.39 Å². The van der Waals surface area contributed by atoms with Crippen molar-refractivity contribution in [3.8, 4) is 0 Å². The zero-order valence-corrected chi connectivity index (χ0v) is 15.8. The average molecular weight is 372 g/mol. The molecule has 1 fully saturated rings. The van der Waals surface area contributed by atoms with Crippen molar-refractivity contribution in [2.75, 3.05) is 45.9 Å². The van der Waals surface area contributed by atoms with Crippen LogP contribution in [0.1, 0.15) is 11.1 Å². The van der Waals surface area contributed by atoms with Crippen molar-refractivity contribution in [2.24, 2.45) is 0 Å². The lowest BCUT2D eigenvalue weighted by atomic mass is 10.1. The van der Waals surface area contributed by atoms with Crippen molar-refractivity contribution in [1.82, 2.24) is 9.80 Å². The highest BCUT2D eigenvalue weighted by molar-refractivity contribution is 5.16. The number of halogens is 1. The Balaban J connectivity index is 1.30. The lowest BCUT2D eigenvalue weighted by molar-refractivity contribution is 0.000873. The summed E-state index contributed by atoms with van der Waals surface area (Å²) in [6.07, 6.45) is 0.528. The first-order valence-corrected chi connectivity index (χ1v) is 9.68. The van der Waals surface area contributed by atoms with Gasteiger partial charge in [-0.15, -0.1) is 0 Å². The second-order valence-electron chi connectivity index (χ2n) is 7.14. The Labute approximate surface area is 161 Å². The first-order valence-electron chi connectivity index (χ1n) is 9.68. The van der Waals surface area contributed by atoms with E-state index in [1.54, 1.807) is 18.2 Å². The predicted molar refractivity (Wildman–Crippen MR) is 105 cm³/mol. The van der Waals surface area contributed by atoms with Crippen molar-refractivity contribution < 1.29 is 14.2 Å². The van der Waals surface area contributed by atoms with Crippen LogP contribution >= 0.6 is 0 Å². The molecule has 1 atom stereocenters. The Kier molecular flexibility index (Phi) is 7.78. The van der Waals surface area contributed by atoms with E-state index in [1.807, 2.05) is 6.07 Å². The zero-order valence-electron chi connectivity index (χ0n) is 15.8. The average Bonchev–Trinajstić information content (AvgIpc) is 2.70. The SMILES string of the molecule is OC(COCc1ccccc1F)CN1CCN(CCc2ccccc2)CC1. The highest BCUT2D eigenvalue weighted by Gasteiger charge is 2.19. The summed E-state index contributed by atoms with van der Waals surface area (Å²) in [5.41, 5.74) is 1.90. The van der Waals surface area contributed by atoms with Gasteiger partial charge in [0.25, 0.3) is 0 Å². The van der Waals surface area contributed by atoms with Gasteiger partial charge >= 0.3 is 0 Å². The third-order valence-electron chi connectivity index (χ3n) is 5.02. The number of nitrogens with zero attached hydrogens (tertiary/aromatic N) is 2. The topological polar surface area (TPSA) is 35.9 Å². The summed E-state index contributed by atoms with van der Waals surface area (Å²) < 4.78 is 19.0. The molecule has 2 aromatic carbocycles. The highest BCUT2D eigenvalue weighted by atomic mass is 19.1. The van der Waals surface area contributed by atoms with Gasteiger partial charge in [-0.05, 0) is 18.1 Å². The van der Waals surface area contributed by atoms with E-state index in [4.69, 9.17) is 4.74 Å². The maximum atomic E-state index is 13.5. The predicted octanol–water partition coefficient (Wildman–Crippen LogP) is 2.56. The van der Waals surface area contributed by atoms with E-state index in [1.165, 1.54) is 11.6 Å². The molecule has 3 rings (SSSR count). The number of rotatable bonds is 9. The van der Waals surface area contributed by atoms with Crippen molar-refractivity contribution in [3.63, 3.8) is 0 Å². The molecule has 1 N–H and O–H groups in total. The molecule has 0 aromatic heterocycles. The van der Waals surface area contributed by atoms with Crippen LogP contribution in [-0.2, 0) is 17.8 Å². The van der Waals surface area contributed by atoms with E-state index < -0.39 is 6.10 Å². The molecule has 2 aromatic rings. The van der Waals surface area contributed by atoms with Gasteiger partial charge in [0, 0.05) is 44.8 Å². The van der Waals surface area contributed by atoms with E-state index in [0.29, 0.717) is 12.1 Å². The smallest absolute Gasteiger partial charge is 0.128 e. The molecule has 1 aliphatic heterocycles. The molecule has 0 aliphatic carbocycles. The van der Waals surface area contributed by atoms with Crippen LogP contribution in [0.2, 0.25) is 0 Å². The molecule has 0 bridgehead atoms. The number of aliphatic hydroxyl groups excluding tert-OH is 1. The van der Waals surface area contributed by atoms with Gasteiger partial charge in [0.2, 0.25) is 0 Å². The number of piperazine rings is 1. The van der Waals surface area contributed by atoms with Gasteiger partial charge in [-0.25, -0.2) is 4.39 Å². The summed E-state index contributed by atoms with van der Waals surface area (Å²) in [5, 5.41) is 10.2. The van der Waals surface area contributed by atoms with E-state index in [2.05, 4.69) is 34.1 Å². The van der Waals surface area contributed by atoms with Gasteiger partial charge in [-0.2, -0.15) is 0 Å². The molecule has 0 saturated carbocycles. The lowest BCUT2D eigenvalue weighted by Gasteiger charge is -2.35.